The van der Waals surface area contributed by atoms with E-state index in [1.165, 1.54) is 5.56 Å². The van der Waals surface area contributed by atoms with Crippen LogP contribution in [0.15, 0.2) is 72.8 Å². The Kier molecular flexibility index (Phi) is 7.55. The molecule has 0 aliphatic carbocycles. The molecule has 35 heavy (non-hydrogen) atoms. The van der Waals surface area contributed by atoms with Crippen LogP contribution in [0.3, 0.4) is 0 Å². The normalized spacial score (nSPS) is 12.6. The van der Waals surface area contributed by atoms with Gasteiger partial charge in [0.05, 0.1) is 12.2 Å². The van der Waals surface area contributed by atoms with Crippen LogP contribution in [-0.4, -0.2) is 49.8 Å². The molecule has 182 valence electrons. The van der Waals surface area contributed by atoms with Gasteiger partial charge in [-0.05, 0) is 47.9 Å². The number of nitrogens with zero attached hydrogens (tertiary/aromatic N) is 2. The number of carboxylic acids is 1. The molecule has 4 rings (SSSR count). The van der Waals surface area contributed by atoms with Gasteiger partial charge in [-0.1, -0.05) is 50.2 Å². The van der Waals surface area contributed by atoms with E-state index in [9.17, 15) is 9.59 Å². The highest BCUT2D eigenvalue weighted by Crippen LogP contribution is 2.40. The van der Waals surface area contributed by atoms with Crippen LogP contribution < -0.4 is 19.3 Å². The topological polar surface area (TPSA) is 79.3 Å². The zero-order valence-electron chi connectivity index (χ0n) is 20.0. The van der Waals surface area contributed by atoms with E-state index in [0.29, 0.717) is 49.2 Å². The Balaban J connectivity index is 1.57. The number of amides is 1. The molecule has 0 saturated carbocycles. The highest BCUT2D eigenvalue weighted by Gasteiger charge is 2.24. The van der Waals surface area contributed by atoms with Gasteiger partial charge < -0.3 is 24.4 Å². The largest absolute Gasteiger partial charge is 0.486 e. The molecule has 7 nitrogen and oxygen atoms in total. The van der Waals surface area contributed by atoms with Crippen molar-refractivity contribution in [2.24, 2.45) is 0 Å². The van der Waals surface area contributed by atoms with E-state index in [1.54, 1.807) is 11.0 Å². The predicted octanol–water partition coefficient (Wildman–Crippen LogP) is 4.82. The summed E-state index contributed by atoms with van der Waals surface area (Å²) in [6, 6.07) is 22.9. The molecule has 0 spiro atoms. The monoisotopic (exact) mass is 474 g/mol. The molecule has 3 aromatic rings. The summed E-state index contributed by atoms with van der Waals surface area (Å²) in [5, 5.41) is 8.96. The summed E-state index contributed by atoms with van der Waals surface area (Å²) in [7, 11) is 0. The van der Waals surface area contributed by atoms with E-state index in [2.05, 4.69) is 30.9 Å². The summed E-state index contributed by atoms with van der Waals surface area (Å²) in [6.07, 6.45) is 0. The van der Waals surface area contributed by atoms with E-state index in [1.807, 2.05) is 54.6 Å². The van der Waals surface area contributed by atoms with Crippen LogP contribution in [-0.2, 0) is 4.79 Å². The van der Waals surface area contributed by atoms with Gasteiger partial charge in [0.2, 0.25) is 0 Å². The number of aliphatic carboxylic acids is 1. The van der Waals surface area contributed by atoms with Gasteiger partial charge in [-0.2, -0.15) is 0 Å². The zero-order valence-corrected chi connectivity index (χ0v) is 20.0. The molecule has 0 aromatic heterocycles. The predicted molar refractivity (Wildman–Crippen MR) is 136 cm³/mol. The van der Waals surface area contributed by atoms with E-state index >= 15 is 0 Å². The van der Waals surface area contributed by atoms with Gasteiger partial charge in [-0.25, -0.2) is 4.79 Å². The number of ether oxygens (including phenoxy) is 2. The minimum atomic E-state index is -1.05. The molecule has 0 unspecified atom stereocenters. The third-order valence-corrected chi connectivity index (χ3v) is 5.99. The SMILES string of the molecule is CC(C)c1ccc(N(CCN2CCOc3c(OCC(=O)O)cccc32)C(=O)c2ccccc2)cc1. The number of carbonyl (C=O) groups is 2. The lowest BCUT2D eigenvalue weighted by Gasteiger charge is -2.34. The van der Waals surface area contributed by atoms with Crippen LogP contribution in [0.25, 0.3) is 0 Å². The van der Waals surface area contributed by atoms with Crippen LogP contribution >= 0.6 is 0 Å². The van der Waals surface area contributed by atoms with Crippen molar-refractivity contribution in [2.75, 3.05) is 42.6 Å². The third kappa shape index (κ3) is 5.74. The van der Waals surface area contributed by atoms with Crippen molar-refractivity contribution in [3.05, 3.63) is 83.9 Å². The Morgan fingerprint density at radius 2 is 1.77 bits per heavy atom. The van der Waals surface area contributed by atoms with Crippen molar-refractivity contribution in [2.45, 2.75) is 19.8 Å². The number of rotatable bonds is 9. The lowest BCUT2D eigenvalue weighted by molar-refractivity contribution is -0.139. The summed E-state index contributed by atoms with van der Waals surface area (Å²) < 4.78 is 11.2. The summed E-state index contributed by atoms with van der Waals surface area (Å²) in [4.78, 5) is 28.4. The van der Waals surface area contributed by atoms with Crippen molar-refractivity contribution in [3.8, 4) is 11.5 Å². The van der Waals surface area contributed by atoms with Crippen molar-refractivity contribution in [1.82, 2.24) is 0 Å². The number of anilines is 2. The molecule has 0 bridgehead atoms. The Morgan fingerprint density at radius 1 is 1.03 bits per heavy atom. The fraction of sp³-hybridized carbons (Fsp3) is 0.286. The lowest BCUT2D eigenvalue weighted by atomic mass is 10.0. The first-order chi connectivity index (χ1) is 16.9. The Hall–Kier alpha value is -4.00. The minimum Gasteiger partial charge on any atom is -0.486 e. The lowest BCUT2D eigenvalue weighted by Crippen LogP contribution is -2.41. The number of fused-ring (bicyclic) bond motifs is 1. The van der Waals surface area contributed by atoms with Crippen molar-refractivity contribution in [1.29, 1.82) is 0 Å². The molecule has 3 aromatic carbocycles. The molecule has 1 N–H and O–H groups in total. The molecule has 1 aliphatic heterocycles. The maximum absolute atomic E-state index is 13.5. The molecular formula is C28H30N2O5. The quantitative estimate of drug-likeness (QED) is 0.479. The van der Waals surface area contributed by atoms with Crippen molar-refractivity contribution >= 4 is 23.3 Å². The van der Waals surface area contributed by atoms with Crippen LogP contribution in [0.4, 0.5) is 11.4 Å². The van der Waals surface area contributed by atoms with Crippen molar-refractivity contribution in [3.63, 3.8) is 0 Å². The van der Waals surface area contributed by atoms with E-state index in [4.69, 9.17) is 14.6 Å². The van der Waals surface area contributed by atoms with E-state index in [-0.39, 0.29) is 5.91 Å². The number of hydrogen-bond donors (Lipinski definition) is 1. The van der Waals surface area contributed by atoms with Gasteiger partial charge in [0.1, 0.15) is 6.61 Å². The first kappa shape index (κ1) is 24.1. The average molecular weight is 475 g/mol. The average Bonchev–Trinajstić information content (AvgIpc) is 2.88. The minimum absolute atomic E-state index is 0.0603. The molecule has 0 fully saturated rings. The molecule has 1 heterocycles. The fourth-order valence-corrected chi connectivity index (χ4v) is 4.11. The highest BCUT2D eigenvalue weighted by atomic mass is 16.5. The number of benzene rings is 3. The van der Waals surface area contributed by atoms with Gasteiger partial charge in [0.25, 0.3) is 5.91 Å². The molecule has 7 heteroatoms. The van der Waals surface area contributed by atoms with Crippen LogP contribution in [0.5, 0.6) is 11.5 Å². The summed E-state index contributed by atoms with van der Waals surface area (Å²) >= 11 is 0. The van der Waals surface area contributed by atoms with Gasteiger partial charge in [0, 0.05) is 24.3 Å². The van der Waals surface area contributed by atoms with Gasteiger partial charge in [-0.15, -0.1) is 0 Å². The maximum atomic E-state index is 13.5. The second-order valence-corrected chi connectivity index (χ2v) is 8.69. The first-order valence-corrected chi connectivity index (χ1v) is 11.8. The van der Waals surface area contributed by atoms with E-state index < -0.39 is 12.6 Å². The Labute approximate surface area is 205 Å². The van der Waals surface area contributed by atoms with Gasteiger partial charge >= 0.3 is 5.97 Å². The second-order valence-electron chi connectivity index (χ2n) is 8.69. The van der Waals surface area contributed by atoms with Crippen molar-refractivity contribution < 1.29 is 24.2 Å². The smallest absolute Gasteiger partial charge is 0.341 e. The number of carbonyl (C=O) groups excluding carboxylic acids is 1. The standard InChI is InChI=1S/C28H30N2O5/c1-20(2)21-11-13-23(14-12-21)30(28(33)22-7-4-3-5-8-22)16-15-29-17-18-34-27-24(29)9-6-10-25(27)35-19-26(31)32/h3-14,20H,15-19H2,1-2H3,(H,31,32). The number of para-hydroxylation sites is 1. The number of carboxylic acid groups (broad SMARTS) is 1. The van der Waals surface area contributed by atoms with Gasteiger partial charge in [-0.3, -0.25) is 4.79 Å². The Morgan fingerprint density at radius 3 is 2.46 bits per heavy atom. The molecule has 1 amide bonds. The second kappa shape index (κ2) is 11.0. The molecule has 0 radical (unpaired) electrons. The van der Waals surface area contributed by atoms with Crippen LogP contribution in [0, 0.1) is 0 Å². The first-order valence-electron chi connectivity index (χ1n) is 11.8. The number of hydrogen-bond acceptors (Lipinski definition) is 5. The van der Waals surface area contributed by atoms with Crippen LogP contribution in [0.2, 0.25) is 0 Å². The molecule has 0 saturated heterocycles. The maximum Gasteiger partial charge on any atom is 0.341 e. The summed E-state index contributed by atoms with van der Waals surface area (Å²) in [5.41, 5.74) is 3.51. The zero-order chi connectivity index (χ0) is 24.8. The van der Waals surface area contributed by atoms with Gasteiger partial charge in [0.15, 0.2) is 18.1 Å². The summed E-state index contributed by atoms with van der Waals surface area (Å²) in [6.45, 7) is 5.98. The third-order valence-electron chi connectivity index (χ3n) is 5.99. The highest BCUT2D eigenvalue weighted by molar-refractivity contribution is 6.06. The fourth-order valence-electron chi connectivity index (χ4n) is 4.11. The molecular weight excluding hydrogens is 444 g/mol. The van der Waals surface area contributed by atoms with Crippen LogP contribution in [0.1, 0.15) is 35.7 Å². The Bertz CT molecular complexity index is 1160. The molecule has 0 atom stereocenters. The van der Waals surface area contributed by atoms with E-state index in [0.717, 1.165) is 11.4 Å². The molecule has 1 aliphatic rings. The summed E-state index contributed by atoms with van der Waals surface area (Å²) in [5.74, 6) is 0.228.